The molecule has 6 heteroatoms. The second kappa shape index (κ2) is 13.3. The first kappa shape index (κ1) is 34.6. The lowest BCUT2D eigenvalue weighted by Crippen LogP contribution is -2.37. The summed E-state index contributed by atoms with van der Waals surface area (Å²) in [7, 11) is 0. The normalized spacial score (nSPS) is 18.1. The number of furan rings is 2. The summed E-state index contributed by atoms with van der Waals surface area (Å²) in [4.78, 5) is 12.8. The van der Waals surface area contributed by atoms with Crippen molar-refractivity contribution in [3.05, 3.63) is 198 Å². The Kier molecular flexibility index (Phi) is 7.67. The number of hydrogen-bond donors (Lipinski definition) is 1. The van der Waals surface area contributed by atoms with Crippen molar-refractivity contribution >= 4 is 72.6 Å². The molecule has 0 radical (unpaired) electrons. The van der Waals surface area contributed by atoms with Gasteiger partial charge in [0.25, 0.3) is 0 Å². The molecular weight excluding hydrogens is 737 g/mol. The summed E-state index contributed by atoms with van der Waals surface area (Å²) in [5, 5.41) is 7.86. The molecule has 6 nitrogen and oxygen atoms in total. The van der Waals surface area contributed by atoms with Crippen molar-refractivity contribution in [2.24, 2.45) is 15.9 Å². The number of hydrogen-bond acceptors (Lipinski definition) is 6. The average Bonchev–Trinajstić information content (AvgIpc) is 3.87. The molecule has 9 aromatic rings. The van der Waals surface area contributed by atoms with Gasteiger partial charge in [-0.05, 0) is 88.8 Å². The number of nitrogens with zero attached hydrogens (tertiary/aromatic N) is 3. The molecule has 4 heterocycles. The largest absolute Gasteiger partial charge is 0.456 e. The molecule has 2 atom stereocenters. The fourth-order valence-electron chi connectivity index (χ4n) is 9.59. The highest BCUT2D eigenvalue weighted by atomic mass is 16.3. The van der Waals surface area contributed by atoms with E-state index in [1.54, 1.807) is 0 Å². The van der Waals surface area contributed by atoms with Crippen LogP contribution in [0.25, 0.3) is 55.0 Å². The number of rotatable bonds is 5. The molecule has 1 aliphatic carbocycles. The van der Waals surface area contributed by atoms with Gasteiger partial charge in [0, 0.05) is 50.2 Å². The third-order valence-electron chi connectivity index (χ3n) is 12.6. The predicted octanol–water partition coefficient (Wildman–Crippen LogP) is 13.8. The molecule has 0 saturated heterocycles. The van der Waals surface area contributed by atoms with Gasteiger partial charge >= 0.3 is 0 Å². The fourth-order valence-corrected chi connectivity index (χ4v) is 9.59. The van der Waals surface area contributed by atoms with Crippen molar-refractivity contribution in [3.63, 3.8) is 0 Å². The summed E-state index contributed by atoms with van der Waals surface area (Å²) >= 11 is 0. The highest BCUT2D eigenvalue weighted by Gasteiger charge is 2.36. The molecule has 60 heavy (non-hydrogen) atoms. The number of fused-ring (bicyclic) bond motifs is 8. The predicted molar refractivity (Wildman–Crippen MR) is 246 cm³/mol. The van der Waals surface area contributed by atoms with Crippen LogP contribution in [0.1, 0.15) is 48.7 Å². The van der Waals surface area contributed by atoms with E-state index in [9.17, 15) is 0 Å². The van der Waals surface area contributed by atoms with Crippen LogP contribution in [0.4, 0.5) is 17.1 Å². The molecule has 0 amide bonds. The maximum absolute atomic E-state index is 6.72. The Labute approximate surface area is 347 Å². The Balaban J connectivity index is 0.947. The van der Waals surface area contributed by atoms with Crippen LogP contribution in [0.5, 0.6) is 0 Å². The molecule has 0 saturated carbocycles. The summed E-state index contributed by atoms with van der Waals surface area (Å²) in [6, 6.07) is 53.6. The topological polar surface area (TPSA) is 66.3 Å². The number of para-hydroxylation sites is 2. The maximum atomic E-state index is 6.72. The molecule has 288 valence electrons. The third-order valence-corrected chi connectivity index (χ3v) is 12.6. The Morgan fingerprint density at radius 2 is 1.32 bits per heavy atom. The maximum Gasteiger partial charge on any atom is 0.159 e. The molecule has 3 aliphatic rings. The Morgan fingerprint density at radius 1 is 0.617 bits per heavy atom. The minimum absolute atomic E-state index is 0.119. The summed E-state index contributed by atoms with van der Waals surface area (Å²) in [5.74, 6) is 1.76. The van der Waals surface area contributed by atoms with Crippen LogP contribution in [0.3, 0.4) is 0 Å². The lowest BCUT2D eigenvalue weighted by Gasteiger charge is -2.41. The second-order valence-corrected chi connectivity index (χ2v) is 16.5. The number of anilines is 3. The minimum atomic E-state index is -0.262. The van der Waals surface area contributed by atoms with E-state index in [0.717, 1.165) is 84.1 Å². The molecule has 0 fully saturated rings. The zero-order chi connectivity index (χ0) is 40.0. The van der Waals surface area contributed by atoms with Gasteiger partial charge in [-0.1, -0.05) is 129 Å². The molecule has 7 aromatic carbocycles. The van der Waals surface area contributed by atoms with E-state index < -0.39 is 0 Å². The van der Waals surface area contributed by atoms with Crippen molar-refractivity contribution in [3.8, 4) is 11.1 Å². The van der Waals surface area contributed by atoms with Gasteiger partial charge in [-0.15, -0.1) is 0 Å². The van der Waals surface area contributed by atoms with Crippen LogP contribution in [-0.2, 0) is 5.41 Å². The lowest BCUT2D eigenvalue weighted by molar-refractivity contribution is 0.632. The number of amidine groups is 2. The van der Waals surface area contributed by atoms with E-state index in [4.69, 9.17) is 18.8 Å². The molecular formula is C54H40N4O2. The molecule has 2 aromatic heterocycles. The lowest BCUT2D eigenvalue weighted by atomic mass is 9.73. The zero-order valence-electron chi connectivity index (χ0n) is 33.3. The third kappa shape index (κ3) is 5.41. The van der Waals surface area contributed by atoms with Crippen molar-refractivity contribution in [2.75, 3.05) is 4.90 Å². The summed E-state index contributed by atoms with van der Waals surface area (Å²) in [6.45, 7) is 4.63. The minimum Gasteiger partial charge on any atom is -0.456 e. The quantitative estimate of drug-likeness (QED) is 0.189. The number of benzene rings is 7. The van der Waals surface area contributed by atoms with E-state index in [1.165, 1.54) is 22.5 Å². The van der Waals surface area contributed by atoms with Gasteiger partial charge in [-0.2, -0.15) is 0 Å². The van der Waals surface area contributed by atoms with Crippen LogP contribution in [-0.4, -0.2) is 11.7 Å². The van der Waals surface area contributed by atoms with Gasteiger partial charge in [-0.25, -0.2) is 9.98 Å². The van der Waals surface area contributed by atoms with E-state index in [2.05, 4.69) is 182 Å². The Morgan fingerprint density at radius 3 is 2.10 bits per heavy atom. The monoisotopic (exact) mass is 776 g/mol. The van der Waals surface area contributed by atoms with Crippen molar-refractivity contribution in [1.82, 2.24) is 5.32 Å². The van der Waals surface area contributed by atoms with Crippen LogP contribution in [0, 0.1) is 5.92 Å². The number of aliphatic imine (C=N–C) groups is 2. The van der Waals surface area contributed by atoms with Crippen LogP contribution in [0.2, 0.25) is 0 Å². The van der Waals surface area contributed by atoms with E-state index in [1.807, 2.05) is 18.2 Å². The first-order valence-corrected chi connectivity index (χ1v) is 20.7. The first-order chi connectivity index (χ1) is 29.5. The Bertz CT molecular complexity index is 3280. The summed E-state index contributed by atoms with van der Waals surface area (Å²) in [6.07, 6.45) is 9.22. The highest BCUT2D eigenvalue weighted by molar-refractivity contribution is 6.21. The summed E-state index contributed by atoms with van der Waals surface area (Å²) in [5.41, 5.74) is 13.5. The first-order valence-electron chi connectivity index (χ1n) is 20.7. The van der Waals surface area contributed by atoms with Crippen LogP contribution < -0.4 is 10.2 Å². The van der Waals surface area contributed by atoms with E-state index in [-0.39, 0.29) is 17.5 Å². The smallest absolute Gasteiger partial charge is 0.159 e. The fraction of sp³-hybridized carbons (Fsp3) is 0.111. The van der Waals surface area contributed by atoms with E-state index in [0.29, 0.717) is 5.84 Å². The molecule has 2 aliphatic heterocycles. The number of allylic oxidation sites excluding steroid dienone is 3. The molecule has 0 spiro atoms. The second-order valence-electron chi connectivity index (χ2n) is 16.5. The van der Waals surface area contributed by atoms with Gasteiger partial charge in [0.2, 0.25) is 0 Å². The molecule has 2 unspecified atom stereocenters. The van der Waals surface area contributed by atoms with Gasteiger partial charge in [0.05, 0.1) is 11.4 Å². The van der Waals surface area contributed by atoms with Gasteiger partial charge in [0.1, 0.15) is 34.3 Å². The van der Waals surface area contributed by atoms with E-state index >= 15 is 0 Å². The van der Waals surface area contributed by atoms with Crippen LogP contribution in [0.15, 0.2) is 195 Å². The zero-order valence-corrected chi connectivity index (χ0v) is 33.3. The van der Waals surface area contributed by atoms with Crippen LogP contribution >= 0.6 is 0 Å². The standard InChI is InChI=1S/C54H40N4O2/c1-54(2)42-19-9-11-21-44(42)58(45-22-12-10-20-43(45)54)37-26-28-39-38-27-24-36(31-48(38)60-49(39)32-37)35-25-29-46-41(30-35)50-40(18-13-23-47(50)59-46)53-56-51(33-14-5-3-6-15-33)55-52(57-53)34-16-7-4-8-17-34/h3-16,18-32,34,51H,17H2,1-2H3,(H,55,56,57). The average molecular weight is 777 g/mol. The van der Waals surface area contributed by atoms with Gasteiger partial charge in [0.15, 0.2) is 5.84 Å². The summed E-state index contributed by atoms with van der Waals surface area (Å²) < 4.78 is 13.2. The molecule has 1 N–H and O–H groups in total. The van der Waals surface area contributed by atoms with Gasteiger partial charge < -0.3 is 19.1 Å². The van der Waals surface area contributed by atoms with Crippen molar-refractivity contribution in [2.45, 2.75) is 31.8 Å². The highest BCUT2D eigenvalue weighted by Crippen LogP contribution is 2.52. The van der Waals surface area contributed by atoms with Crippen molar-refractivity contribution in [1.29, 1.82) is 0 Å². The van der Waals surface area contributed by atoms with Crippen molar-refractivity contribution < 1.29 is 8.83 Å². The Hall–Kier alpha value is -7.44. The number of nitrogens with one attached hydrogen (secondary N) is 1. The molecule has 0 bridgehead atoms. The van der Waals surface area contributed by atoms with Gasteiger partial charge in [-0.3, -0.25) is 0 Å². The SMILES string of the molecule is CC1(C)c2ccccc2N(c2ccc3c(c2)oc2cc(-c4ccc5oc6cccc(C7=NC(c8ccccc8)NC(C8C=CC=CC8)=N7)c6c5c4)ccc23)c2ccccc21. The molecule has 12 rings (SSSR count).